The van der Waals surface area contributed by atoms with Gasteiger partial charge in [-0.1, -0.05) is 23.9 Å². The molecule has 1 heterocycles. The first-order valence-corrected chi connectivity index (χ1v) is 9.27. The van der Waals surface area contributed by atoms with Crippen LogP contribution in [0.1, 0.15) is 18.1 Å². The highest BCUT2D eigenvalue weighted by molar-refractivity contribution is 8.00. The van der Waals surface area contributed by atoms with Crippen molar-refractivity contribution >= 4 is 23.4 Å². The van der Waals surface area contributed by atoms with Gasteiger partial charge in [0.15, 0.2) is 5.16 Å². The Labute approximate surface area is 160 Å². The van der Waals surface area contributed by atoms with Crippen molar-refractivity contribution in [2.75, 3.05) is 5.32 Å². The van der Waals surface area contributed by atoms with E-state index < -0.39 is 16.9 Å². The molecule has 1 N–H and O–H groups in total. The highest BCUT2D eigenvalue weighted by Crippen LogP contribution is 2.28. The van der Waals surface area contributed by atoms with E-state index in [2.05, 4.69) is 10.3 Å². The van der Waals surface area contributed by atoms with Crippen LogP contribution in [0.3, 0.4) is 0 Å². The Morgan fingerprint density at radius 2 is 2.00 bits per heavy atom. The van der Waals surface area contributed by atoms with Gasteiger partial charge in [0, 0.05) is 18.5 Å². The third kappa shape index (κ3) is 4.19. The van der Waals surface area contributed by atoms with Crippen LogP contribution in [-0.4, -0.2) is 20.7 Å². The number of aromatic nitrogens is 2. The van der Waals surface area contributed by atoms with Crippen LogP contribution in [0.2, 0.25) is 0 Å². The number of hydrogen-bond acceptors (Lipinski definition) is 3. The highest BCUT2D eigenvalue weighted by Gasteiger charge is 2.19. The van der Waals surface area contributed by atoms with Gasteiger partial charge in [-0.25, -0.2) is 13.8 Å². The lowest BCUT2D eigenvalue weighted by molar-refractivity contribution is -0.115. The number of benzene rings is 2. The fourth-order valence-electron chi connectivity index (χ4n) is 2.59. The highest BCUT2D eigenvalue weighted by atomic mass is 32.2. The van der Waals surface area contributed by atoms with E-state index in [0.29, 0.717) is 5.16 Å². The minimum atomic E-state index is -0.808. The maximum atomic E-state index is 13.7. The Morgan fingerprint density at radius 3 is 2.74 bits per heavy atom. The van der Waals surface area contributed by atoms with E-state index in [1.54, 1.807) is 13.1 Å². The van der Waals surface area contributed by atoms with E-state index in [1.165, 1.54) is 17.8 Å². The van der Waals surface area contributed by atoms with Crippen LogP contribution in [0.15, 0.2) is 53.9 Å². The van der Waals surface area contributed by atoms with Gasteiger partial charge in [0.1, 0.15) is 11.6 Å². The van der Waals surface area contributed by atoms with Gasteiger partial charge in [-0.2, -0.15) is 0 Å². The van der Waals surface area contributed by atoms with Crippen LogP contribution in [-0.2, 0) is 4.79 Å². The molecule has 0 saturated heterocycles. The first-order valence-electron chi connectivity index (χ1n) is 8.39. The molecule has 0 aliphatic carbocycles. The minimum Gasteiger partial charge on any atom is -0.323 e. The zero-order valence-electron chi connectivity index (χ0n) is 15.2. The summed E-state index contributed by atoms with van der Waals surface area (Å²) in [5, 5.41) is 2.62. The molecule has 0 radical (unpaired) electrons. The molecule has 0 aliphatic heterocycles. The topological polar surface area (TPSA) is 46.9 Å². The third-order valence-electron chi connectivity index (χ3n) is 4.28. The minimum absolute atomic E-state index is 0.0493. The van der Waals surface area contributed by atoms with E-state index in [1.807, 2.05) is 42.8 Å². The largest absolute Gasteiger partial charge is 0.323 e. The number of imidazole rings is 1. The SMILES string of the molecule is Cc1cccc(-n2ccnc2S[C@H](C)C(=O)Nc2ccc(F)cc2F)c1C. The number of amides is 1. The zero-order valence-corrected chi connectivity index (χ0v) is 16.0. The number of nitrogens with one attached hydrogen (secondary N) is 1. The molecule has 3 aromatic rings. The Balaban J connectivity index is 1.77. The average molecular weight is 387 g/mol. The van der Waals surface area contributed by atoms with Gasteiger partial charge < -0.3 is 5.32 Å². The second-order valence-electron chi connectivity index (χ2n) is 6.17. The Hall–Kier alpha value is -2.67. The molecule has 4 nitrogen and oxygen atoms in total. The number of thioether (sulfide) groups is 1. The Kier molecular flexibility index (Phi) is 5.60. The number of anilines is 1. The predicted molar refractivity (Wildman–Crippen MR) is 103 cm³/mol. The summed E-state index contributed by atoms with van der Waals surface area (Å²) in [4.78, 5) is 16.8. The molecular formula is C20H19F2N3OS. The molecule has 0 spiro atoms. The van der Waals surface area contributed by atoms with Gasteiger partial charge in [0.2, 0.25) is 5.91 Å². The van der Waals surface area contributed by atoms with Gasteiger partial charge in [0.05, 0.1) is 16.6 Å². The maximum Gasteiger partial charge on any atom is 0.237 e. The summed E-state index contributed by atoms with van der Waals surface area (Å²) in [6.45, 7) is 5.78. The van der Waals surface area contributed by atoms with Crippen LogP contribution in [0.5, 0.6) is 0 Å². The summed E-state index contributed by atoms with van der Waals surface area (Å²) < 4.78 is 28.7. The molecule has 0 unspecified atom stereocenters. The van der Waals surface area contributed by atoms with Gasteiger partial charge in [-0.3, -0.25) is 9.36 Å². The first-order chi connectivity index (χ1) is 12.9. The normalized spacial score (nSPS) is 12.0. The van der Waals surface area contributed by atoms with Crippen molar-refractivity contribution in [2.24, 2.45) is 0 Å². The molecule has 0 saturated carbocycles. The van der Waals surface area contributed by atoms with Crippen molar-refractivity contribution in [1.29, 1.82) is 0 Å². The van der Waals surface area contributed by atoms with E-state index in [-0.39, 0.29) is 11.6 Å². The van der Waals surface area contributed by atoms with Crippen LogP contribution in [0.25, 0.3) is 5.69 Å². The van der Waals surface area contributed by atoms with E-state index in [0.717, 1.165) is 28.9 Å². The molecule has 7 heteroatoms. The monoisotopic (exact) mass is 387 g/mol. The van der Waals surface area contributed by atoms with Gasteiger partial charge in [-0.15, -0.1) is 0 Å². The van der Waals surface area contributed by atoms with E-state index >= 15 is 0 Å². The van der Waals surface area contributed by atoms with E-state index in [4.69, 9.17) is 0 Å². The standard InChI is InChI=1S/C20H19F2N3OS/c1-12-5-4-6-18(13(12)2)25-10-9-23-20(25)27-14(3)19(26)24-17-8-7-15(21)11-16(17)22/h4-11,14H,1-3H3,(H,24,26)/t14-/m1/s1. The molecule has 1 aromatic heterocycles. The number of hydrogen-bond donors (Lipinski definition) is 1. The van der Waals surface area contributed by atoms with Crippen molar-refractivity contribution in [3.8, 4) is 5.69 Å². The number of aryl methyl sites for hydroxylation is 1. The van der Waals surface area contributed by atoms with Crippen LogP contribution in [0, 0.1) is 25.5 Å². The molecule has 3 rings (SSSR count). The average Bonchev–Trinajstić information content (AvgIpc) is 3.07. The number of halogens is 2. The summed E-state index contributed by atoms with van der Waals surface area (Å²) in [5.74, 6) is -1.89. The molecule has 140 valence electrons. The van der Waals surface area contributed by atoms with Gasteiger partial charge >= 0.3 is 0 Å². The zero-order chi connectivity index (χ0) is 19.6. The predicted octanol–water partition coefficient (Wildman–Crippen LogP) is 4.89. The van der Waals surface area contributed by atoms with Crippen LogP contribution < -0.4 is 5.32 Å². The summed E-state index contributed by atoms with van der Waals surface area (Å²) in [7, 11) is 0. The third-order valence-corrected chi connectivity index (χ3v) is 5.36. The molecular weight excluding hydrogens is 368 g/mol. The van der Waals surface area contributed by atoms with Gasteiger partial charge in [-0.05, 0) is 50.1 Å². The van der Waals surface area contributed by atoms with E-state index in [9.17, 15) is 13.6 Å². The quantitative estimate of drug-likeness (QED) is 0.634. The molecule has 1 amide bonds. The second kappa shape index (κ2) is 7.92. The Bertz CT molecular complexity index is 987. The van der Waals surface area contributed by atoms with Crippen molar-refractivity contribution in [3.63, 3.8) is 0 Å². The molecule has 0 bridgehead atoms. The first kappa shape index (κ1) is 19.1. The van der Waals surface area contributed by atoms with Crippen molar-refractivity contribution in [1.82, 2.24) is 9.55 Å². The number of carbonyl (C=O) groups excluding carboxylic acids is 1. The summed E-state index contributed by atoms with van der Waals surface area (Å²) in [5.41, 5.74) is 3.23. The van der Waals surface area contributed by atoms with Crippen molar-refractivity contribution < 1.29 is 13.6 Å². The molecule has 0 aliphatic rings. The lowest BCUT2D eigenvalue weighted by atomic mass is 10.1. The fourth-order valence-corrected chi connectivity index (χ4v) is 3.47. The summed E-state index contributed by atoms with van der Waals surface area (Å²) in [6.07, 6.45) is 3.52. The Morgan fingerprint density at radius 1 is 1.22 bits per heavy atom. The number of nitrogens with zero attached hydrogens (tertiary/aromatic N) is 2. The lowest BCUT2D eigenvalue weighted by Crippen LogP contribution is -2.23. The van der Waals surface area contributed by atoms with Gasteiger partial charge in [0.25, 0.3) is 0 Å². The maximum absolute atomic E-state index is 13.7. The summed E-state index contributed by atoms with van der Waals surface area (Å²) in [6, 6.07) is 9.05. The molecule has 27 heavy (non-hydrogen) atoms. The molecule has 0 fully saturated rings. The summed E-state index contributed by atoms with van der Waals surface area (Å²) >= 11 is 1.27. The number of rotatable bonds is 5. The molecule has 1 atom stereocenters. The fraction of sp³-hybridized carbons (Fsp3) is 0.200. The van der Waals surface area contributed by atoms with Crippen LogP contribution in [0.4, 0.5) is 14.5 Å². The van der Waals surface area contributed by atoms with Crippen LogP contribution >= 0.6 is 11.8 Å². The van der Waals surface area contributed by atoms with Crippen molar-refractivity contribution in [2.45, 2.75) is 31.2 Å². The lowest BCUT2D eigenvalue weighted by Gasteiger charge is -2.15. The molecule has 2 aromatic carbocycles. The number of carbonyl (C=O) groups is 1. The second-order valence-corrected chi connectivity index (χ2v) is 7.48. The smallest absolute Gasteiger partial charge is 0.237 e. The van der Waals surface area contributed by atoms with Crippen molar-refractivity contribution in [3.05, 3.63) is 71.6 Å².